The number of nitrogens with one attached hydrogen (secondary N) is 1. The normalized spacial score (nSPS) is 19.1. The van der Waals surface area contributed by atoms with Gasteiger partial charge in [0.1, 0.15) is 11.9 Å². The number of fused-ring (bicyclic) bond motifs is 3. The molecule has 0 saturated heterocycles. The van der Waals surface area contributed by atoms with Gasteiger partial charge < -0.3 is 5.32 Å². The number of amidine groups is 2. The van der Waals surface area contributed by atoms with Crippen LogP contribution in [0.25, 0.3) is 0 Å². The first kappa shape index (κ1) is 21.3. The third kappa shape index (κ3) is 4.14. The lowest BCUT2D eigenvalue weighted by Gasteiger charge is -2.27. The minimum Gasteiger partial charge on any atom is -0.325 e. The van der Waals surface area contributed by atoms with Crippen LogP contribution < -0.4 is 5.32 Å². The lowest BCUT2D eigenvalue weighted by atomic mass is 10.00. The molecule has 160 valence electrons. The number of hydrogen-bond acceptors (Lipinski definition) is 5. The highest BCUT2D eigenvalue weighted by Crippen LogP contribution is 2.36. The Kier molecular flexibility index (Phi) is 6.23. The molecular weight excluding hydrogens is 408 g/mol. The second-order valence-electron chi connectivity index (χ2n) is 7.74. The molecule has 6 nitrogen and oxygen atoms in total. The van der Waals surface area contributed by atoms with Crippen molar-refractivity contribution >= 4 is 46.0 Å². The lowest BCUT2D eigenvalue weighted by Crippen LogP contribution is -2.43. The van der Waals surface area contributed by atoms with Crippen LogP contribution in [0.2, 0.25) is 0 Å². The van der Waals surface area contributed by atoms with Crippen LogP contribution in [0.3, 0.4) is 0 Å². The maximum atomic E-state index is 13.3. The summed E-state index contributed by atoms with van der Waals surface area (Å²) in [6.45, 7) is 6.07. The Labute approximate surface area is 186 Å². The number of carbonyl (C=O) groups excluding carboxylic acids is 2. The molecule has 3 atom stereocenters. The molecule has 2 aliphatic heterocycles. The van der Waals surface area contributed by atoms with E-state index in [1.165, 1.54) is 11.8 Å². The molecule has 1 N–H and O–H groups in total. The molecule has 0 aromatic heterocycles. The second-order valence-corrected chi connectivity index (χ2v) is 8.91. The quantitative estimate of drug-likeness (QED) is 0.707. The van der Waals surface area contributed by atoms with E-state index in [0.29, 0.717) is 17.4 Å². The first-order chi connectivity index (χ1) is 15.0. The smallest absolute Gasteiger partial charge is 0.259 e. The number of para-hydroxylation sites is 2. The fraction of sp³-hybridized carbons (Fsp3) is 0.333. The number of amides is 2. The van der Waals surface area contributed by atoms with Gasteiger partial charge in [-0.15, -0.1) is 0 Å². The number of thioether (sulfide) groups is 1. The number of anilines is 1. The highest BCUT2D eigenvalue weighted by atomic mass is 32.2. The number of carbonyl (C=O) groups is 2. The summed E-state index contributed by atoms with van der Waals surface area (Å²) in [5.41, 5.74) is 2.38. The van der Waals surface area contributed by atoms with E-state index in [2.05, 4.69) is 12.2 Å². The Morgan fingerprint density at radius 2 is 1.81 bits per heavy atom. The molecule has 0 fully saturated rings. The predicted molar refractivity (Wildman–Crippen MR) is 127 cm³/mol. The lowest BCUT2D eigenvalue weighted by molar-refractivity contribution is -0.125. The Morgan fingerprint density at radius 3 is 2.52 bits per heavy atom. The van der Waals surface area contributed by atoms with Crippen molar-refractivity contribution in [1.29, 1.82) is 0 Å². The Bertz CT molecular complexity index is 1050. The van der Waals surface area contributed by atoms with Crippen LogP contribution in [0, 0.1) is 5.92 Å². The number of hydrogen-bond donors (Lipinski definition) is 1. The van der Waals surface area contributed by atoms with E-state index in [1.54, 1.807) is 4.90 Å². The topological polar surface area (TPSA) is 74.1 Å². The van der Waals surface area contributed by atoms with Crippen LogP contribution in [-0.2, 0) is 9.59 Å². The van der Waals surface area contributed by atoms with Gasteiger partial charge >= 0.3 is 0 Å². The molecule has 0 bridgehead atoms. The minimum absolute atomic E-state index is 0.0663. The maximum Gasteiger partial charge on any atom is 0.259 e. The van der Waals surface area contributed by atoms with Crippen LogP contribution >= 0.6 is 11.8 Å². The second kappa shape index (κ2) is 9.06. The molecule has 0 saturated carbocycles. The van der Waals surface area contributed by atoms with Gasteiger partial charge in [0, 0.05) is 11.3 Å². The molecule has 2 amide bonds. The van der Waals surface area contributed by atoms with Crippen LogP contribution in [-0.4, -0.2) is 39.0 Å². The fourth-order valence-corrected chi connectivity index (χ4v) is 4.66. The van der Waals surface area contributed by atoms with E-state index in [0.717, 1.165) is 23.4 Å². The van der Waals surface area contributed by atoms with Gasteiger partial charge in [0.2, 0.25) is 5.91 Å². The molecule has 2 aromatic rings. The van der Waals surface area contributed by atoms with Crippen LogP contribution in [0.4, 0.5) is 11.4 Å². The summed E-state index contributed by atoms with van der Waals surface area (Å²) in [5.74, 6) is 0.598. The largest absolute Gasteiger partial charge is 0.325 e. The van der Waals surface area contributed by atoms with Gasteiger partial charge in [0.05, 0.1) is 10.9 Å². The Morgan fingerprint density at radius 1 is 1.10 bits per heavy atom. The van der Waals surface area contributed by atoms with Crippen molar-refractivity contribution in [1.82, 2.24) is 4.90 Å². The summed E-state index contributed by atoms with van der Waals surface area (Å²) in [6.07, 6.45) is 1.46. The van der Waals surface area contributed by atoms with Gasteiger partial charge in [-0.1, -0.05) is 69.3 Å². The first-order valence-electron chi connectivity index (χ1n) is 10.7. The summed E-state index contributed by atoms with van der Waals surface area (Å²) >= 11 is 1.32. The number of benzene rings is 2. The van der Waals surface area contributed by atoms with Crippen LogP contribution in [0.5, 0.6) is 0 Å². The summed E-state index contributed by atoms with van der Waals surface area (Å²) in [5, 5.41) is 3.09. The van der Waals surface area contributed by atoms with Crippen LogP contribution in [0.15, 0.2) is 64.6 Å². The number of nitrogens with zero attached hydrogens (tertiary/aromatic N) is 3. The number of rotatable bonds is 6. The minimum atomic E-state index is -0.421. The van der Waals surface area contributed by atoms with Crippen molar-refractivity contribution in [2.75, 3.05) is 5.32 Å². The van der Waals surface area contributed by atoms with E-state index in [1.807, 2.05) is 68.4 Å². The molecule has 2 heterocycles. The van der Waals surface area contributed by atoms with E-state index in [-0.39, 0.29) is 23.0 Å². The summed E-state index contributed by atoms with van der Waals surface area (Å²) in [4.78, 5) is 37.4. The fourth-order valence-electron chi connectivity index (χ4n) is 3.64. The first-order valence-corrected chi connectivity index (χ1v) is 11.5. The van der Waals surface area contributed by atoms with Crippen LogP contribution in [0.1, 0.15) is 39.2 Å². The van der Waals surface area contributed by atoms with Crippen molar-refractivity contribution in [2.45, 2.75) is 44.9 Å². The molecule has 2 aromatic carbocycles. The zero-order chi connectivity index (χ0) is 22.0. The molecule has 0 spiro atoms. The zero-order valence-corrected chi connectivity index (χ0v) is 18.7. The summed E-state index contributed by atoms with van der Waals surface area (Å²) in [6, 6.07) is 16.7. The standard InChI is InChI=1S/C24H26N4O2S/c1-4-15(3)20-23(30)28-21(27-20)17-13-9-10-14-18(17)26-24(28)31-19(5-2)22(29)25-16-11-7-6-8-12-16/h6-15,19-20H,4-5H2,1-3H3,(H,25,29)/t15-,19-,20+/m0/s1. The Hall–Kier alpha value is -2.93. The van der Waals surface area contributed by atoms with E-state index >= 15 is 0 Å². The van der Waals surface area contributed by atoms with E-state index < -0.39 is 6.04 Å². The summed E-state index contributed by atoms with van der Waals surface area (Å²) < 4.78 is 0. The van der Waals surface area contributed by atoms with E-state index in [4.69, 9.17) is 9.98 Å². The summed E-state index contributed by atoms with van der Waals surface area (Å²) in [7, 11) is 0. The van der Waals surface area contributed by atoms with Gasteiger partial charge in [-0.25, -0.2) is 9.89 Å². The van der Waals surface area contributed by atoms with Crippen molar-refractivity contribution in [3.63, 3.8) is 0 Å². The molecular formula is C24H26N4O2S. The highest BCUT2D eigenvalue weighted by molar-refractivity contribution is 8.15. The van der Waals surface area contributed by atoms with E-state index in [9.17, 15) is 9.59 Å². The molecule has 2 aliphatic rings. The van der Waals surface area contributed by atoms with Crippen molar-refractivity contribution in [3.05, 3.63) is 60.2 Å². The predicted octanol–water partition coefficient (Wildman–Crippen LogP) is 4.84. The number of aliphatic imine (C=N–C) groups is 2. The van der Waals surface area contributed by atoms with Gasteiger partial charge in [-0.2, -0.15) is 0 Å². The SMILES string of the molecule is CC[C@H](SC1=Nc2ccccc2C2=N[C@H]([C@@H](C)CC)C(=O)N12)C(=O)Nc1ccccc1. The Balaban J connectivity index is 1.64. The third-order valence-corrected chi connectivity index (χ3v) is 6.95. The van der Waals surface area contributed by atoms with Crippen molar-refractivity contribution in [2.24, 2.45) is 15.9 Å². The molecule has 0 aliphatic carbocycles. The van der Waals surface area contributed by atoms with Gasteiger partial charge in [0.25, 0.3) is 5.91 Å². The monoisotopic (exact) mass is 434 g/mol. The average molecular weight is 435 g/mol. The maximum absolute atomic E-state index is 13.3. The molecule has 7 heteroatoms. The molecule has 0 radical (unpaired) electrons. The van der Waals surface area contributed by atoms with Gasteiger partial charge in [-0.05, 0) is 36.6 Å². The molecule has 0 unspecified atom stereocenters. The van der Waals surface area contributed by atoms with Gasteiger partial charge in [-0.3, -0.25) is 14.6 Å². The molecule has 4 rings (SSSR count). The zero-order valence-electron chi connectivity index (χ0n) is 17.9. The van der Waals surface area contributed by atoms with Crippen molar-refractivity contribution in [3.8, 4) is 0 Å². The van der Waals surface area contributed by atoms with Gasteiger partial charge in [0.15, 0.2) is 5.17 Å². The average Bonchev–Trinajstić information content (AvgIpc) is 3.15. The highest BCUT2D eigenvalue weighted by Gasteiger charge is 2.43. The molecule has 31 heavy (non-hydrogen) atoms. The van der Waals surface area contributed by atoms with Crippen molar-refractivity contribution < 1.29 is 9.59 Å². The third-order valence-electron chi connectivity index (χ3n) is 5.63.